The molecule has 0 bridgehead atoms. The Kier molecular flexibility index (Phi) is 5.59. The summed E-state index contributed by atoms with van der Waals surface area (Å²) in [5.41, 5.74) is 0.725. The van der Waals surface area contributed by atoms with Crippen molar-refractivity contribution in [1.82, 2.24) is 5.32 Å². The van der Waals surface area contributed by atoms with Gasteiger partial charge in [0.05, 0.1) is 4.92 Å². The van der Waals surface area contributed by atoms with Gasteiger partial charge in [0, 0.05) is 23.7 Å². The molecule has 1 amide bonds. The molecule has 0 spiro atoms. The van der Waals surface area contributed by atoms with E-state index in [2.05, 4.69) is 5.32 Å². The molecule has 0 atom stereocenters. The quantitative estimate of drug-likeness (QED) is 0.636. The van der Waals surface area contributed by atoms with E-state index in [-0.39, 0.29) is 30.2 Å². The number of carbonyl (C=O) groups excluding carboxylic acids is 1. The number of benzene rings is 2. The zero-order chi connectivity index (χ0) is 17.7. The van der Waals surface area contributed by atoms with E-state index in [9.17, 15) is 20.0 Å². The van der Waals surface area contributed by atoms with Crippen molar-refractivity contribution in [2.24, 2.45) is 0 Å². The molecule has 1 N–H and O–H groups in total. The van der Waals surface area contributed by atoms with Crippen molar-refractivity contribution >= 4 is 23.2 Å². The summed E-state index contributed by atoms with van der Waals surface area (Å²) in [5.74, 6) is -0.306. The minimum absolute atomic E-state index is 0.109. The van der Waals surface area contributed by atoms with Crippen LogP contribution in [0.5, 0.6) is 11.5 Å². The normalized spacial score (nSPS) is 10.2. The summed E-state index contributed by atoms with van der Waals surface area (Å²) in [7, 11) is 0. The highest BCUT2D eigenvalue weighted by Crippen LogP contribution is 2.22. The molecule has 0 aliphatic carbocycles. The van der Waals surface area contributed by atoms with Crippen molar-refractivity contribution in [3.8, 4) is 11.5 Å². The van der Waals surface area contributed by atoms with E-state index in [1.807, 2.05) is 0 Å². The van der Waals surface area contributed by atoms with Crippen LogP contribution in [0.1, 0.15) is 11.1 Å². The van der Waals surface area contributed by atoms with Crippen molar-refractivity contribution in [3.63, 3.8) is 0 Å². The van der Waals surface area contributed by atoms with Crippen LogP contribution in [0, 0.1) is 17.0 Å². The highest BCUT2D eigenvalue weighted by atomic mass is 35.5. The maximum atomic E-state index is 11.8. The van der Waals surface area contributed by atoms with Crippen LogP contribution in [0.4, 0.5) is 5.69 Å². The van der Waals surface area contributed by atoms with E-state index < -0.39 is 10.8 Å². The molecule has 0 heterocycles. The van der Waals surface area contributed by atoms with Gasteiger partial charge in [-0.3, -0.25) is 14.9 Å². The number of nitro benzene ring substituents is 1. The number of hydrogen-bond donors (Lipinski definition) is 1. The predicted octanol–water partition coefficient (Wildman–Crippen LogP) is 2.33. The largest absolute Gasteiger partial charge is 0.872 e. The van der Waals surface area contributed by atoms with E-state index in [0.717, 1.165) is 23.8 Å². The summed E-state index contributed by atoms with van der Waals surface area (Å²) in [4.78, 5) is 21.9. The summed E-state index contributed by atoms with van der Waals surface area (Å²) in [6.07, 6.45) is 0. The van der Waals surface area contributed by atoms with Crippen molar-refractivity contribution in [2.75, 3.05) is 6.61 Å². The number of carbonyl (C=O) groups is 1. The van der Waals surface area contributed by atoms with E-state index in [1.165, 1.54) is 0 Å². The Hall–Kier alpha value is -2.80. The fraction of sp³-hybridized carbons (Fsp3) is 0.188. The molecule has 0 aliphatic rings. The molecular weight excluding hydrogens is 336 g/mol. The Labute approximate surface area is 143 Å². The molecule has 126 valence electrons. The summed E-state index contributed by atoms with van der Waals surface area (Å²) in [6.45, 7) is 1.44. The summed E-state index contributed by atoms with van der Waals surface area (Å²) < 4.78 is 5.38. The number of nitro groups is 1. The average Bonchev–Trinajstić information content (AvgIpc) is 2.53. The van der Waals surface area contributed by atoms with Gasteiger partial charge in [0.15, 0.2) is 6.61 Å². The van der Waals surface area contributed by atoms with E-state index in [0.29, 0.717) is 10.8 Å². The number of ether oxygens (including phenoxy) is 1. The molecule has 8 heteroatoms. The van der Waals surface area contributed by atoms with Crippen LogP contribution in [0.15, 0.2) is 36.4 Å². The Balaban J connectivity index is 1.91. The monoisotopic (exact) mass is 349 g/mol. The molecule has 7 nitrogen and oxygen atoms in total. The SMILES string of the molecule is Cc1cc(Cl)ccc1OCC(=O)NCc1cc([N+](=O)[O-])ccc1[O-]. The number of non-ortho nitro benzene ring substituents is 1. The van der Waals surface area contributed by atoms with Crippen molar-refractivity contribution in [1.29, 1.82) is 0 Å². The topological polar surface area (TPSA) is 105 Å². The molecular formula is C16H14ClN2O5-. The van der Waals surface area contributed by atoms with Crippen LogP contribution in [-0.2, 0) is 11.3 Å². The first-order valence-electron chi connectivity index (χ1n) is 6.97. The van der Waals surface area contributed by atoms with Crippen LogP contribution in [0.3, 0.4) is 0 Å². The average molecular weight is 350 g/mol. The molecule has 2 rings (SSSR count). The van der Waals surface area contributed by atoms with Crippen LogP contribution < -0.4 is 15.2 Å². The second-order valence-corrected chi connectivity index (χ2v) is 5.46. The molecule has 0 saturated carbocycles. The third-order valence-corrected chi connectivity index (χ3v) is 3.46. The lowest BCUT2D eigenvalue weighted by molar-refractivity contribution is -0.385. The zero-order valence-corrected chi connectivity index (χ0v) is 13.5. The van der Waals surface area contributed by atoms with Crippen molar-refractivity contribution < 1.29 is 19.6 Å². The molecule has 2 aromatic carbocycles. The number of rotatable bonds is 6. The van der Waals surface area contributed by atoms with Gasteiger partial charge in [0.25, 0.3) is 11.6 Å². The Bertz CT molecular complexity index is 779. The molecule has 2 aromatic rings. The molecule has 0 fully saturated rings. The fourth-order valence-electron chi connectivity index (χ4n) is 1.98. The van der Waals surface area contributed by atoms with Gasteiger partial charge >= 0.3 is 0 Å². The van der Waals surface area contributed by atoms with Gasteiger partial charge in [0.1, 0.15) is 5.75 Å². The number of nitrogens with zero attached hydrogens (tertiary/aromatic N) is 1. The predicted molar refractivity (Wildman–Crippen MR) is 86.1 cm³/mol. The van der Waals surface area contributed by atoms with Crippen molar-refractivity contribution in [2.45, 2.75) is 13.5 Å². The second kappa shape index (κ2) is 7.65. The van der Waals surface area contributed by atoms with Crippen LogP contribution in [0.2, 0.25) is 5.02 Å². The lowest BCUT2D eigenvalue weighted by atomic mass is 10.2. The number of hydrogen-bond acceptors (Lipinski definition) is 5. The third-order valence-electron chi connectivity index (χ3n) is 3.23. The Morgan fingerprint density at radius 2 is 2.04 bits per heavy atom. The molecule has 0 unspecified atom stereocenters. The highest BCUT2D eigenvalue weighted by molar-refractivity contribution is 6.30. The smallest absolute Gasteiger partial charge is 0.269 e. The first-order chi connectivity index (χ1) is 11.4. The summed E-state index contributed by atoms with van der Waals surface area (Å²) in [6, 6.07) is 8.39. The number of halogens is 1. The van der Waals surface area contributed by atoms with Gasteiger partial charge in [-0.25, -0.2) is 0 Å². The number of amides is 1. The first-order valence-corrected chi connectivity index (χ1v) is 7.34. The van der Waals surface area contributed by atoms with Gasteiger partial charge in [-0.2, -0.15) is 0 Å². The number of nitrogens with one attached hydrogen (secondary N) is 1. The lowest BCUT2D eigenvalue weighted by Crippen LogP contribution is -2.28. The van der Waals surface area contributed by atoms with Crippen LogP contribution in [0.25, 0.3) is 0 Å². The fourth-order valence-corrected chi connectivity index (χ4v) is 2.21. The Morgan fingerprint density at radius 1 is 1.29 bits per heavy atom. The van der Waals surface area contributed by atoms with Gasteiger partial charge < -0.3 is 15.2 Å². The van der Waals surface area contributed by atoms with Gasteiger partial charge in [-0.1, -0.05) is 17.7 Å². The van der Waals surface area contributed by atoms with Gasteiger partial charge in [-0.15, -0.1) is 5.75 Å². The summed E-state index contributed by atoms with van der Waals surface area (Å²) in [5, 5.41) is 25.4. The van der Waals surface area contributed by atoms with E-state index >= 15 is 0 Å². The van der Waals surface area contributed by atoms with E-state index in [1.54, 1.807) is 25.1 Å². The Morgan fingerprint density at radius 3 is 2.71 bits per heavy atom. The third kappa shape index (κ3) is 4.60. The van der Waals surface area contributed by atoms with E-state index in [4.69, 9.17) is 16.3 Å². The second-order valence-electron chi connectivity index (χ2n) is 5.02. The van der Waals surface area contributed by atoms with Gasteiger partial charge in [-0.05, 0) is 36.2 Å². The minimum Gasteiger partial charge on any atom is -0.872 e. The number of aryl methyl sites for hydroxylation is 1. The first kappa shape index (κ1) is 17.6. The molecule has 0 aliphatic heterocycles. The highest BCUT2D eigenvalue weighted by Gasteiger charge is 2.09. The lowest BCUT2D eigenvalue weighted by Gasteiger charge is -2.14. The van der Waals surface area contributed by atoms with Crippen LogP contribution >= 0.6 is 11.6 Å². The molecule has 0 saturated heterocycles. The maximum absolute atomic E-state index is 11.8. The van der Waals surface area contributed by atoms with Crippen LogP contribution in [-0.4, -0.2) is 17.4 Å². The van der Waals surface area contributed by atoms with Crippen molar-refractivity contribution in [3.05, 3.63) is 62.7 Å². The zero-order valence-electron chi connectivity index (χ0n) is 12.7. The minimum atomic E-state index is -0.600. The molecule has 0 radical (unpaired) electrons. The van der Waals surface area contributed by atoms with Gasteiger partial charge in [0.2, 0.25) is 0 Å². The molecule has 24 heavy (non-hydrogen) atoms. The summed E-state index contributed by atoms with van der Waals surface area (Å²) >= 11 is 5.83. The standard InChI is InChI=1S/C16H15ClN2O5/c1-10-6-12(17)2-5-15(10)24-9-16(21)18-8-11-7-13(19(22)23)3-4-14(11)20/h2-7,20H,8-9H2,1H3,(H,18,21)/p-1. The molecule has 0 aromatic heterocycles. The maximum Gasteiger partial charge on any atom is 0.269 e.